The Hall–Kier alpha value is -1.19. The predicted molar refractivity (Wildman–Crippen MR) is 70.6 cm³/mol. The molecule has 0 aliphatic carbocycles. The molecule has 1 nitrogen and oxygen atoms in total. The number of halogens is 1. The summed E-state index contributed by atoms with van der Waals surface area (Å²) in [5.41, 5.74) is 6.62. The predicted octanol–water partition coefficient (Wildman–Crippen LogP) is 3.91. The molecule has 0 saturated heterocycles. The molecule has 0 saturated carbocycles. The third-order valence-electron chi connectivity index (χ3n) is 2.82. The van der Waals surface area contributed by atoms with Gasteiger partial charge in [0.15, 0.2) is 0 Å². The van der Waals surface area contributed by atoms with Gasteiger partial charge in [0, 0.05) is 16.5 Å². The first kappa shape index (κ1) is 12.3. The summed E-state index contributed by atoms with van der Waals surface area (Å²) in [7, 11) is 0. The molecular formula is C14H16FNS. The lowest BCUT2D eigenvalue weighted by molar-refractivity contribution is 0.551. The largest absolute Gasteiger partial charge is 0.324 e. The van der Waals surface area contributed by atoms with Crippen LogP contribution in [0.3, 0.4) is 0 Å². The van der Waals surface area contributed by atoms with Crippen molar-refractivity contribution in [1.82, 2.24) is 0 Å². The number of rotatable bonds is 5. The van der Waals surface area contributed by atoms with Crippen molar-refractivity contribution < 1.29 is 4.39 Å². The molecule has 0 fully saturated rings. The van der Waals surface area contributed by atoms with Gasteiger partial charge in [-0.05, 0) is 36.8 Å². The summed E-state index contributed by atoms with van der Waals surface area (Å²) in [6, 6.07) is 10.7. The zero-order valence-corrected chi connectivity index (χ0v) is 10.4. The lowest BCUT2D eigenvalue weighted by Gasteiger charge is -2.12. The summed E-state index contributed by atoms with van der Waals surface area (Å²) in [6.45, 7) is 0. The summed E-state index contributed by atoms with van der Waals surface area (Å²) >= 11 is 1.76. The summed E-state index contributed by atoms with van der Waals surface area (Å²) < 4.78 is 13.5. The van der Waals surface area contributed by atoms with Crippen LogP contribution >= 0.6 is 11.3 Å². The van der Waals surface area contributed by atoms with Crippen LogP contribution in [-0.4, -0.2) is 0 Å². The Bertz CT molecular complexity index is 453. The monoisotopic (exact) mass is 249 g/mol. The van der Waals surface area contributed by atoms with E-state index in [2.05, 4.69) is 17.5 Å². The molecule has 1 aromatic carbocycles. The minimum absolute atomic E-state index is 0.198. The third-order valence-corrected chi connectivity index (χ3v) is 3.76. The van der Waals surface area contributed by atoms with Crippen molar-refractivity contribution >= 4 is 11.3 Å². The van der Waals surface area contributed by atoms with E-state index in [1.165, 1.54) is 10.9 Å². The minimum Gasteiger partial charge on any atom is -0.324 e. The highest BCUT2D eigenvalue weighted by molar-refractivity contribution is 7.09. The molecule has 0 amide bonds. The molecular weight excluding hydrogens is 233 g/mol. The molecule has 1 heterocycles. The fourth-order valence-electron chi connectivity index (χ4n) is 1.88. The fourth-order valence-corrected chi connectivity index (χ4v) is 2.63. The van der Waals surface area contributed by atoms with Gasteiger partial charge in [-0.1, -0.05) is 24.3 Å². The molecule has 1 atom stereocenters. The van der Waals surface area contributed by atoms with Crippen LogP contribution in [0.5, 0.6) is 0 Å². The van der Waals surface area contributed by atoms with Crippen molar-refractivity contribution in [3.8, 4) is 0 Å². The quantitative estimate of drug-likeness (QED) is 0.854. The number of thiophene rings is 1. The highest BCUT2D eigenvalue weighted by Crippen LogP contribution is 2.20. The molecule has 1 unspecified atom stereocenters. The van der Waals surface area contributed by atoms with Gasteiger partial charge in [-0.25, -0.2) is 4.39 Å². The maximum atomic E-state index is 13.5. The maximum absolute atomic E-state index is 13.5. The lowest BCUT2D eigenvalue weighted by atomic mass is 10.0. The van der Waals surface area contributed by atoms with Crippen molar-refractivity contribution in [2.45, 2.75) is 25.3 Å². The Kier molecular flexibility index (Phi) is 4.29. The smallest absolute Gasteiger partial charge is 0.127 e. The first-order valence-electron chi connectivity index (χ1n) is 5.80. The van der Waals surface area contributed by atoms with Crippen LogP contribution in [0.25, 0.3) is 0 Å². The summed E-state index contributed by atoms with van der Waals surface area (Å²) in [5, 5.41) is 2.08. The Balaban J connectivity index is 1.85. The maximum Gasteiger partial charge on any atom is 0.127 e. The lowest BCUT2D eigenvalue weighted by Crippen LogP contribution is -2.12. The van der Waals surface area contributed by atoms with E-state index in [0.717, 1.165) is 19.3 Å². The Labute approximate surface area is 105 Å². The molecule has 1 aromatic heterocycles. The second kappa shape index (κ2) is 5.94. The van der Waals surface area contributed by atoms with Gasteiger partial charge in [0.25, 0.3) is 0 Å². The average molecular weight is 249 g/mol. The molecule has 90 valence electrons. The van der Waals surface area contributed by atoms with E-state index in [1.54, 1.807) is 23.5 Å². The van der Waals surface area contributed by atoms with Crippen molar-refractivity contribution in [1.29, 1.82) is 0 Å². The van der Waals surface area contributed by atoms with Gasteiger partial charge in [-0.15, -0.1) is 11.3 Å². The molecule has 0 radical (unpaired) electrons. The second-order valence-corrected chi connectivity index (χ2v) is 5.13. The van der Waals surface area contributed by atoms with Gasteiger partial charge < -0.3 is 5.73 Å². The van der Waals surface area contributed by atoms with E-state index in [0.29, 0.717) is 5.56 Å². The summed E-state index contributed by atoms with van der Waals surface area (Å²) in [6.07, 6.45) is 2.84. The highest BCUT2D eigenvalue weighted by atomic mass is 32.1. The molecule has 3 heteroatoms. The van der Waals surface area contributed by atoms with Crippen LogP contribution in [0.1, 0.15) is 29.3 Å². The molecule has 0 aliphatic heterocycles. The molecule has 0 aliphatic rings. The molecule has 2 aromatic rings. The standard InChI is InChI=1S/C14H16FNS/c15-13-8-2-1-7-12(13)14(16)9-3-5-11-6-4-10-17-11/h1-2,4,6-8,10,14H,3,5,9,16H2. The molecule has 17 heavy (non-hydrogen) atoms. The van der Waals surface area contributed by atoms with Gasteiger partial charge in [0.2, 0.25) is 0 Å². The highest BCUT2D eigenvalue weighted by Gasteiger charge is 2.10. The van der Waals surface area contributed by atoms with Gasteiger partial charge in [0.05, 0.1) is 0 Å². The van der Waals surface area contributed by atoms with Crippen LogP contribution < -0.4 is 5.73 Å². The van der Waals surface area contributed by atoms with Gasteiger partial charge in [-0.3, -0.25) is 0 Å². The number of aryl methyl sites for hydroxylation is 1. The van der Waals surface area contributed by atoms with Crippen LogP contribution in [0.15, 0.2) is 41.8 Å². The van der Waals surface area contributed by atoms with Crippen molar-refractivity contribution in [3.05, 3.63) is 58.0 Å². The van der Waals surface area contributed by atoms with E-state index >= 15 is 0 Å². The van der Waals surface area contributed by atoms with E-state index in [1.807, 2.05) is 6.07 Å². The summed E-state index contributed by atoms with van der Waals surface area (Å²) in [5.74, 6) is -0.198. The average Bonchev–Trinajstić information content (AvgIpc) is 2.82. The van der Waals surface area contributed by atoms with E-state index < -0.39 is 0 Å². The van der Waals surface area contributed by atoms with Gasteiger partial charge >= 0.3 is 0 Å². The number of hydrogen-bond donors (Lipinski definition) is 1. The van der Waals surface area contributed by atoms with Crippen LogP contribution in [0, 0.1) is 5.82 Å². The van der Waals surface area contributed by atoms with Gasteiger partial charge in [-0.2, -0.15) is 0 Å². The first-order valence-corrected chi connectivity index (χ1v) is 6.67. The van der Waals surface area contributed by atoms with Gasteiger partial charge in [0.1, 0.15) is 5.82 Å². The van der Waals surface area contributed by atoms with E-state index in [-0.39, 0.29) is 11.9 Å². The SMILES string of the molecule is NC(CCCc1cccs1)c1ccccc1F. The Morgan fingerprint density at radius 3 is 2.71 bits per heavy atom. The zero-order valence-electron chi connectivity index (χ0n) is 9.60. The summed E-state index contributed by atoms with van der Waals surface area (Å²) in [4.78, 5) is 1.37. The van der Waals surface area contributed by atoms with Crippen LogP contribution in [-0.2, 0) is 6.42 Å². The van der Waals surface area contributed by atoms with Crippen molar-refractivity contribution in [2.75, 3.05) is 0 Å². The number of hydrogen-bond acceptors (Lipinski definition) is 2. The van der Waals surface area contributed by atoms with E-state index in [4.69, 9.17) is 5.73 Å². The molecule has 2 N–H and O–H groups in total. The Morgan fingerprint density at radius 2 is 2.00 bits per heavy atom. The van der Waals surface area contributed by atoms with E-state index in [9.17, 15) is 4.39 Å². The van der Waals surface area contributed by atoms with Crippen LogP contribution in [0.4, 0.5) is 4.39 Å². The van der Waals surface area contributed by atoms with Crippen molar-refractivity contribution in [3.63, 3.8) is 0 Å². The normalized spacial score (nSPS) is 12.6. The third kappa shape index (κ3) is 3.38. The number of nitrogens with two attached hydrogens (primary N) is 1. The van der Waals surface area contributed by atoms with Crippen molar-refractivity contribution in [2.24, 2.45) is 5.73 Å². The topological polar surface area (TPSA) is 26.0 Å². The first-order chi connectivity index (χ1) is 8.27. The van der Waals surface area contributed by atoms with Crippen LogP contribution in [0.2, 0.25) is 0 Å². The fraction of sp³-hybridized carbons (Fsp3) is 0.286. The second-order valence-electron chi connectivity index (χ2n) is 4.10. The minimum atomic E-state index is -0.198. The Morgan fingerprint density at radius 1 is 1.18 bits per heavy atom. The molecule has 0 bridgehead atoms. The molecule has 2 rings (SSSR count). The zero-order chi connectivity index (χ0) is 12.1. The molecule has 0 spiro atoms. The number of benzene rings is 1.